The molecule has 0 aliphatic carbocycles. The van der Waals surface area contributed by atoms with Gasteiger partial charge in [-0.05, 0) is 12.0 Å². The highest BCUT2D eigenvalue weighted by atomic mass is 16.3. The number of nitrogens with two attached hydrogens (primary N) is 1. The van der Waals surface area contributed by atoms with Crippen molar-refractivity contribution in [1.29, 1.82) is 0 Å². The van der Waals surface area contributed by atoms with Crippen molar-refractivity contribution in [3.05, 3.63) is 53.7 Å². The van der Waals surface area contributed by atoms with Crippen LogP contribution in [0, 0.1) is 0 Å². The number of rotatable bonds is 9. The molecule has 0 saturated heterocycles. The summed E-state index contributed by atoms with van der Waals surface area (Å²) in [6.45, 7) is 2.85. The van der Waals surface area contributed by atoms with Crippen LogP contribution in [0.1, 0.15) is 67.0 Å². The van der Waals surface area contributed by atoms with Crippen molar-refractivity contribution in [3.63, 3.8) is 0 Å². The van der Waals surface area contributed by atoms with Crippen LogP contribution in [0.3, 0.4) is 0 Å². The van der Waals surface area contributed by atoms with Gasteiger partial charge in [0.1, 0.15) is 12.3 Å². The van der Waals surface area contributed by atoms with Crippen LogP contribution in [0.15, 0.2) is 41.0 Å². The number of carbonyl (C=O) groups is 1. The van der Waals surface area contributed by atoms with Crippen molar-refractivity contribution in [2.45, 2.75) is 45.1 Å². The normalized spacial score (nSPS) is 12.1. The molecule has 0 fully saturated rings. The van der Waals surface area contributed by atoms with E-state index < -0.39 is 6.04 Å². The molecule has 1 aromatic heterocycles. The number of nitrogens with zero attached hydrogens (tertiary/aromatic N) is 1. The van der Waals surface area contributed by atoms with Gasteiger partial charge in [0.25, 0.3) is 5.91 Å². The molecule has 0 aliphatic heterocycles. The zero-order valence-corrected chi connectivity index (χ0v) is 13.6. The molecule has 0 bridgehead atoms. The van der Waals surface area contributed by atoms with E-state index in [9.17, 15) is 4.79 Å². The number of aromatic nitrogens is 1. The molecule has 0 radical (unpaired) electrons. The average molecular weight is 315 g/mol. The van der Waals surface area contributed by atoms with Gasteiger partial charge in [0.05, 0.1) is 0 Å². The summed E-state index contributed by atoms with van der Waals surface area (Å²) in [4.78, 5) is 16.2. The van der Waals surface area contributed by atoms with Crippen LogP contribution in [-0.4, -0.2) is 17.4 Å². The van der Waals surface area contributed by atoms with Gasteiger partial charge in [-0.25, -0.2) is 4.98 Å². The summed E-state index contributed by atoms with van der Waals surface area (Å²) >= 11 is 0. The molecule has 1 unspecified atom stereocenters. The Kier molecular flexibility index (Phi) is 6.81. The third kappa shape index (κ3) is 5.21. The molecule has 5 nitrogen and oxygen atoms in total. The molecule has 0 saturated carbocycles. The molecular weight excluding hydrogens is 290 g/mol. The van der Waals surface area contributed by atoms with E-state index in [0.717, 1.165) is 18.4 Å². The van der Waals surface area contributed by atoms with E-state index in [1.165, 1.54) is 25.5 Å². The highest BCUT2D eigenvalue weighted by molar-refractivity contribution is 5.91. The largest absolute Gasteiger partial charge is 0.446 e. The maximum absolute atomic E-state index is 12.0. The molecule has 0 spiro atoms. The van der Waals surface area contributed by atoms with Crippen LogP contribution in [0.25, 0.3) is 0 Å². The Morgan fingerprint density at radius 3 is 2.70 bits per heavy atom. The molecule has 1 heterocycles. The van der Waals surface area contributed by atoms with Gasteiger partial charge in [-0.2, -0.15) is 0 Å². The second kappa shape index (κ2) is 9.10. The molecule has 1 amide bonds. The molecular formula is C18H25N3O2. The predicted molar refractivity (Wildman–Crippen MR) is 90.1 cm³/mol. The smallest absolute Gasteiger partial charge is 0.273 e. The number of benzene rings is 1. The first-order valence-corrected chi connectivity index (χ1v) is 8.26. The lowest BCUT2D eigenvalue weighted by atomic mass is 10.1. The summed E-state index contributed by atoms with van der Waals surface area (Å²) in [7, 11) is 0. The molecule has 5 heteroatoms. The van der Waals surface area contributed by atoms with Crippen LogP contribution in [0.5, 0.6) is 0 Å². The fourth-order valence-corrected chi connectivity index (χ4v) is 2.36. The zero-order valence-electron chi connectivity index (χ0n) is 13.6. The van der Waals surface area contributed by atoms with Crippen LogP contribution in [0.4, 0.5) is 0 Å². The highest BCUT2D eigenvalue weighted by Gasteiger charge is 2.17. The molecule has 124 valence electrons. The second-order valence-electron chi connectivity index (χ2n) is 5.63. The van der Waals surface area contributed by atoms with E-state index in [2.05, 4.69) is 17.2 Å². The first-order valence-electron chi connectivity index (χ1n) is 8.26. The van der Waals surface area contributed by atoms with Gasteiger partial charge in [-0.1, -0.05) is 62.9 Å². The van der Waals surface area contributed by atoms with Gasteiger partial charge < -0.3 is 15.5 Å². The molecule has 3 N–H and O–H groups in total. The summed E-state index contributed by atoms with van der Waals surface area (Å²) in [6, 6.07) is 9.09. The number of amides is 1. The lowest BCUT2D eigenvalue weighted by Gasteiger charge is -2.06. The van der Waals surface area contributed by atoms with Gasteiger partial charge >= 0.3 is 0 Å². The third-order valence-electron chi connectivity index (χ3n) is 3.75. The minimum atomic E-state index is -0.466. The highest BCUT2D eigenvalue weighted by Crippen LogP contribution is 2.18. The Labute approximate surface area is 137 Å². The molecule has 1 atom stereocenters. The molecule has 0 aliphatic rings. The lowest BCUT2D eigenvalue weighted by Crippen LogP contribution is -2.25. The second-order valence-corrected chi connectivity index (χ2v) is 5.63. The number of nitrogens with one attached hydrogen (secondary N) is 1. The van der Waals surface area contributed by atoms with Crippen molar-refractivity contribution in [2.24, 2.45) is 5.73 Å². The number of carbonyl (C=O) groups excluding carboxylic acids is 1. The number of hydrogen-bond acceptors (Lipinski definition) is 4. The van der Waals surface area contributed by atoms with E-state index in [4.69, 9.17) is 10.2 Å². The number of unbranched alkanes of at least 4 members (excludes halogenated alkanes) is 4. The van der Waals surface area contributed by atoms with Crippen molar-refractivity contribution in [3.8, 4) is 0 Å². The van der Waals surface area contributed by atoms with Crippen LogP contribution in [0.2, 0.25) is 0 Å². The van der Waals surface area contributed by atoms with Crippen molar-refractivity contribution < 1.29 is 9.21 Å². The minimum Gasteiger partial charge on any atom is -0.446 e. The van der Waals surface area contributed by atoms with Gasteiger partial charge in [0, 0.05) is 6.54 Å². The quantitative estimate of drug-likeness (QED) is 0.695. The van der Waals surface area contributed by atoms with Gasteiger partial charge in [-0.3, -0.25) is 4.79 Å². The maximum Gasteiger partial charge on any atom is 0.273 e. The summed E-state index contributed by atoms with van der Waals surface area (Å²) < 4.78 is 5.36. The monoisotopic (exact) mass is 315 g/mol. The number of oxazole rings is 1. The van der Waals surface area contributed by atoms with Gasteiger partial charge in [-0.15, -0.1) is 0 Å². The van der Waals surface area contributed by atoms with Gasteiger partial charge in [0.2, 0.25) is 5.89 Å². The summed E-state index contributed by atoms with van der Waals surface area (Å²) in [5, 5.41) is 2.87. The van der Waals surface area contributed by atoms with Crippen LogP contribution in [-0.2, 0) is 0 Å². The Hall–Kier alpha value is -2.14. The first kappa shape index (κ1) is 17.2. The Morgan fingerprint density at radius 1 is 1.22 bits per heavy atom. The molecule has 2 aromatic rings. The standard InChI is InChI=1S/C18H25N3O2/c1-2-3-4-5-9-12-20-17(22)15-13-23-18(21-15)16(19)14-10-7-6-8-11-14/h6-8,10-11,13,16H,2-5,9,12,19H2,1H3,(H,20,22). The fourth-order valence-electron chi connectivity index (χ4n) is 2.36. The van der Waals surface area contributed by atoms with Crippen molar-refractivity contribution >= 4 is 5.91 Å². The van der Waals surface area contributed by atoms with Crippen LogP contribution >= 0.6 is 0 Å². The Bertz CT molecular complexity index is 595. The minimum absolute atomic E-state index is 0.212. The zero-order chi connectivity index (χ0) is 16.5. The summed E-state index contributed by atoms with van der Waals surface area (Å²) in [5.41, 5.74) is 7.29. The SMILES string of the molecule is CCCCCCCNC(=O)c1coc(C(N)c2ccccc2)n1. The molecule has 2 rings (SSSR count). The van der Waals surface area contributed by atoms with E-state index in [-0.39, 0.29) is 11.6 Å². The topological polar surface area (TPSA) is 81.2 Å². The fraction of sp³-hybridized carbons (Fsp3) is 0.444. The third-order valence-corrected chi connectivity index (χ3v) is 3.75. The maximum atomic E-state index is 12.0. The van der Waals surface area contributed by atoms with Crippen LogP contribution < -0.4 is 11.1 Å². The van der Waals surface area contributed by atoms with Crippen molar-refractivity contribution in [2.75, 3.05) is 6.54 Å². The number of hydrogen-bond donors (Lipinski definition) is 2. The average Bonchev–Trinajstić information content (AvgIpc) is 3.08. The van der Waals surface area contributed by atoms with Crippen molar-refractivity contribution in [1.82, 2.24) is 10.3 Å². The Morgan fingerprint density at radius 2 is 1.96 bits per heavy atom. The lowest BCUT2D eigenvalue weighted by molar-refractivity contribution is 0.0948. The molecule has 1 aromatic carbocycles. The summed E-state index contributed by atoms with van der Waals surface area (Å²) in [6.07, 6.45) is 7.17. The Balaban J connectivity index is 1.83. The molecule has 23 heavy (non-hydrogen) atoms. The van der Waals surface area contributed by atoms with E-state index >= 15 is 0 Å². The first-order chi connectivity index (χ1) is 11.2. The van der Waals surface area contributed by atoms with E-state index in [1.807, 2.05) is 30.3 Å². The predicted octanol–water partition coefficient (Wildman–Crippen LogP) is 3.42. The van der Waals surface area contributed by atoms with Gasteiger partial charge in [0.15, 0.2) is 5.69 Å². The summed E-state index contributed by atoms with van der Waals surface area (Å²) in [5.74, 6) is 0.139. The van der Waals surface area contributed by atoms with E-state index in [0.29, 0.717) is 12.4 Å². The van der Waals surface area contributed by atoms with E-state index in [1.54, 1.807) is 0 Å².